The van der Waals surface area contributed by atoms with Gasteiger partial charge in [0.25, 0.3) is 0 Å². The number of rotatable bonds is 5. The maximum Gasteiger partial charge on any atom is 0.0195 e. The molecule has 2 nitrogen and oxygen atoms in total. The van der Waals surface area contributed by atoms with Gasteiger partial charge in [0.2, 0.25) is 0 Å². The van der Waals surface area contributed by atoms with Gasteiger partial charge < -0.3 is 5.32 Å². The molecule has 3 fully saturated rings. The molecule has 3 aliphatic rings. The zero-order valence-corrected chi connectivity index (χ0v) is 12.9. The van der Waals surface area contributed by atoms with E-state index >= 15 is 0 Å². The lowest BCUT2D eigenvalue weighted by Crippen LogP contribution is -2.51. The molecule has 0 spiro atoms. The highest BCUT2D eigenvalue weighted by atomic mass is 15.2. The summed E-state index contributed by atoms with van der Waals surface area (Å²) >= 11 is 0. The van der Waals surface area contributed by atoms with Gasteiger partial charge in [-0.15, -0.1) is 0 Å². The molecule has 0 aromatic carbocycles. The summed E-state index contributed by atoms with van der Waals surface area (Å²) in [6.07, 6.45) is 10.2. The van der Waals surface area contributed by atoms with Crippen molar-refractivity contribution in [2.75, 3.05) is 19.6 Å². The van der Waals surface area contributed by atoms with Gasteiger partial charge in [-0.1, -0.05) is 13.3 Å². The first-order chi connectivity index (χ1) is 9.28. The number of hydrogen-bond acceptors (Lipinski definition) is 2. The summed E-state index contributed by atoms with van der Waals surface area (Å²) in [7, 11) is 0. The third kappa shape index (κ3) is 3.00. The largest absolute Gasteiger partial charge is 0.313 e. The highest BCUT2D eigenvalue weighted by Crippen LogP contribution is 2.50. The van der Waals surface area contributed by atoms with Crippen molar-refractivity contribution >= 4 is 0 Å². The minimum Gasteiger partial charge on any atom is -0.313 e. The minimum absolute atomic E-state index is 0.759. The van der Waals surface area contributed by atoms with E-state index in [4.69, 9.17) is 0 Å². The highest BCUT2D eigenvalue weighted by Gasteiger charge is 2.43. The zero-order chi connectivity index (χ0) is 13.2. The second-order valence-electron chi connectivity index (χ2n) is 7.37. The van der Waals surface area contributed by atoms with Crippen molar-refractivity contribution < 1.29 is 0 Å². The third-order valence-corrected chi connectivity index (χ3v) is 6.12. The molecular weight excluding hydrogens is 232 g/mol. The fourth-order valence-corrected chi connectivity index (χ4v) is 5.05. The van der Waals surface area contributed by atoms with Crippen LogP contribution < -0.4 is 5.32 Å². The summed E-state index contributed by atoms with van der Waals surface area (Å²) in [4.78, 5) is 2.81. The van der Waals surface area contributed by atoms with Gasteiger partial charge in [0, 0.05) is 18.6 Å². The van der Waals surface area contributed by atoms with Crippen LogP contribution in [0.4, 0.5) is 0 Å². The topological polar surface area (TPSA) is 15.3 Å². The number of fused-ring (bicyclic) bond motifs is 2. The molecule has 0 radical (unpaired) electrons. The molecule has 2 bridgehead atoms. The normalized spacial score (nSPS) is 40.7. The molecule has 2 saturated carbocycles. The molecule has 19 heavy (non-hydrogen) atoms. The minimum atomic E-state index is 0.759. The van der Waals surface area contributed by atoms with Crippen LogP contribution in [0.3, 0.4) is 0 Å². The maximum atomic E-state index is 3.74. The zero-order valence-electron chi connectivity index (χ0n) is 12.9. The molecule has 1 saturated heterocycles. The summed E-state index contributed by atoms with van der Waals surface area (Å²) in [5, 5.41) is 3.74. The SMILES string of the molecule is CCCNC1CCCN(C(C)C2CC3CCC2C3)C1. The van der Waals surface area contributed by atoms with Crippen molar-refractivity contribution in [3.05, 3.63) is 0 Å². The predicted molar refractivity (Wildman–Crippen MR) is 81.3 cm³/mol. The predicted octanol–water partition coefficient (Wildman–Crippen LogP) is 3.28. The lowest BCUT2D eigenvalue weighted by Gasteiger charge is -2.41. The molecule has 2 aliphatic carbocycles. The van der Waals surface area contributed by atoms with Gasteiger partial charge in [-0.05, 0) is 76.3 Å². The Hall–Kier alpha value is -0.0800. The summed E-state index contributed by atoms with van der Waals surface area (Å²) < 4.78 is 0. The molecule has 2 heteroatoms. The Balaban J connectivity index is 1.53. The highest BCUT2D eigenvalue weighted by molar-refractivity contribution is 4.96. The van der Waals surface area contributed by atoms with Crippen molar-refractivity contribution in [3.8, 4) is 0 Å². The summed E-state index contributed by atoms with van der Waals surface area (Å²) in [5.74, 6) is 3.18. The Morgan fingerprint density at radius 2 is 2.11 bits per heavy atom. The second kappa shape index (κ2) is 6.13. The average molecular weight is 264 g/mol. The number of likely N-dealkylation sites (tertiary alicyclic amines) is 1. The lowest BCUT2D eigenvalue weighted by atomic mass is 9.82. The lowest BCUT2D eigenvalue weighted by molar-refractivity contribution is 0.0852. The Labute approximate surface area is 119 Å². The van der Waals surface area contributed by atoms with Crippen LogP contribution in [-0.2, 0) is 0 Å². The first kappa shape index (κ1) is 13.9. The van der Waals surface area contributed by atoms with E-state index in [1.165, 1.54) is 58.2 Å². The second-order valence-corrected chi connectivity index (χ2v) is 7.37. The number of hydrogen-bond donors (Lipinski definition) is 1. The molecule has 3 rings (SSSR count). The molecular formula is C17H32N2. The summed E-state index contributed by atoms with van der Waals surface area (Å²) in [6, 6.07) is 1.59. The monoisotopic (exact) mass is 264 g/mol. The quantitative estimate of drug-likeness (QED) is 0.820. The number of nitrogens with zero attached hydrogens (tertiary/aromatic N) is 1. The smallest absolute Gasteiger partial charge is 0.0195 e. The maximum absolute atomic E-state index is 3.74. The van der Waals surface area contributed by atoms with Crippen LogP contribution in [0, 0.1) is 17.8 Å². The van der Waals surface area contributed by atoms with Gasteiger partial charge in [0.1, 0.15) is 0 Å². The van der Waals surface area contributed by atoms with Crippen molar-refractivity contribution in [2.24, 2.45) is 17.8 Å². The molecule has 5 atom stereocenters. The van der Waals surface area contributed by atoms with Gasteiger partial charge in [0.15, 0.2) is 0 Å². The van der Waals surface area contributed by atoms with Gasteiger partial charge in [-0.25, -0.2) is 0 Å². The van der Waals surface area contributed by atoms with E-state index in [0.717, 1.165) is 29.8 Å². The molecule has 110 valence electrons. The van der Waals surface area contributed by atoms with Crippen molar-refractivity contribution in [2.45, 2.75) is 70.9 Å². The Kier molecular flexibility index (Phi) is 4.48. The van der Waals surface area contributed by atoms with E-state index in [1.807, 2.05) is 0 Å². The molecule has 1 N–H and O–H groups in total. The van der Waals surface area contributed by atoms with Crippen LogP contribution in [0.25, 0.3) is 0 Å². The van der Waals surface area contributed by atoms with Gasteiger partial charge in [0.05, 0.1) is 0 Å². The van der Waals surface area contributed by atoms with Crippen LogP contribution in [0.15, 0.2) is 0 Å². The first-order valence-corrected chi connectivity index (χ1v) is 8.75. The van der Waals surface area contributed by atoms with E-state index in [9.17, 15) is 0 Å². The third-order valence-electron chi connectivity index (χ3n) is 6.12. The Morgan fingerprint density at radius 1 is 1.21 bits per heavy atom. The van der Waals surface area contributed by atoms with Crippen molar-refractivity contribution in [1.29, 1.82) is 0 Å². The number of piperidine rings is 1. The van der Waals surface area contributed by atoms with E-state index in [1.54, 1.807) is 6.42 Å². The summed E-state index contributed by atoms with van der Waals surface area (Å²) in [5.41, 5.74) is 0. The van der Waals surface area contributed by atoms with Crippen LogP contribution in [-0.4, -0.2) is 36.6 Å². The van der Waals surface area contributed by atoms with Crippen LogP contribution in [0.1, 0.15) is 58.8 Å². The van der Waals surface area contributed by atoms with Crippen molar-refractivity contribution in [1.82, 2.24) is 10.2 Å². The fourth-order valence-electron chi connectivity index (χ4n) is 5.05. The Morgan fingerprint density at radius 3 is 2.79 bits per heavy atom. The number of nitrogens with one attached hydrogen (secondary N) is 1. The van der Waals surface area contributed by atoms with Crippen LogP contribution >= 0.6 is 0 Å². The first-order valence-electron chi connectivity index (χ1n) is 8.75. The average Bonchev–Trinajstić information content (AvgIpc) is 3.07. The van der Waals surface area contributed by atoms with E-state index < -0.39 is 0 Å². The molecule has 1 aliphatic heterocycles. The standard InChI is InChI=1S/C17H32N2/c1-3-8-18-16-5-4-9-19(12-16)13(2)17-11-14-6-7-15(17)10-14/h13-18H,3-12H2,1-2H3. The molecule has 5 unspecified atom stereocenters. The van der Waals surface area contributed by atoms with Crippen molar-refractivity contribution in [3.63, 3.8) is 0 Å². The summed E-state index contributed by atoms with van der Waals surface area (Å²) in [6.45, 7) is 8.63. The Bertz CT molecular complexity index is 291. The molecule has 1 heterocycles. The van der Waals surface area contributed by atoms with E-state index in [2.05, 4.69) is 24.1 Å². The fraction of sp³-hybridized carbons (Fsp3) is 1.00. The van der Waals surface area contributed by atoms with Crippen LogP contribution in [0.5, 0.6) is 0 Å². The molecule has 0 amide bonds. The van der Waals surface area contributed by atoms with Crippen LogP contribution in [0.2, 0.25) is 0 Å². The van der Waals surface area contributed by atoms with Gasteiger partial charge >= 0.3 is 0 Å². The van der Waals surface area contributed by atoms with Gasteiger partial charge in [-0.3, -0.25) is 4.90 Å². The van der Waals surface area contributed by atoms with E-state index in [0.29, 0.717) is 0 Å². The molecule has 0 aromatic rings. The molecule has 0 aromatic heterocycles. The van der Waals surface area contributed by atoms with E-state index in [-0.39, 0.29) is 0 Å². The van der Waals surface area contributed by atoms with Gasteiger partial charge in [-0.2, -0.15) is 0 Å².